The molecule has 1 atom stereocenters. The van der Waals surface area contributed by atoms with Gasteiger partial charge in [0.2, 0.25) is 0 Å². The fraction of sp³-hybridized carbons (Fsp3) is 1.00. The van der Waals surface area contributed by atoms with Crippen LogP contribution in [0.25, 0.3) is 0 Å². The lowest BCUT2D eigenvalue weighted by atomic mass is 9.83. The van der Waals surface area contributed by atoms with Crippen LogP contribution in [0, 0.1) is 5.92 Å². The molecule has 3 aliphatic rings. The Morgan fingerprint density at radius 2 is 1.81 bits per heavy atom. The molecule has 1 unspecified atom stereocenters. The van der Waals surface area contributed by atoms with E-state index in [1.54, 1.807) is 4.31 Å². The Bertz CT molecular complexity index is 432. The van der Waals surface area contributed by atoms with Gasteiger partial charge in [0.1, 0.15) is 0 Å². The van der Waals surface area contributed by atoms with Crippen LogP contribution in [0.2, 0.25) is 0 Å². The summed E-state index contributed by atoms with van der Waals surface area (Å²) in [6, 6.07) is 0.781. The maximum absolute atomic E-state index is 12.5. The Morgan fingerprint density at radius 3 is 2.48 bits per heavy atom. The van der Waals surface area contributed by atoms with Crippen LogP contribution in [0.1, 0.15) is 57.8 Å². The summed E-state index contributed by atoms with van der Waals surface area (Å²) in [5.74, 6) is 0.751. The highest BCUT2D eigenvalue weighted by Gasteiger charge is 2.33. The zero-order valence-electron chi connectivity index (χ0n) is 12.9. The van der Waals surface area contributed by atoms with E-state index in [4.69, 9.17) is 0 Å². The van der Waals surface area contributed by atoms with Crippen LogP contribution < -0.4 is 10.0 Å². The van der Waals surface area contributed by atoms with Crippen LogP contribution in [-0.4, -0.2) is 44.4 Å². The van der Waals surface area contributed by atoms with Crippen molar-refractivity contribution in [3.8, 4) is 0 Å². The van der Waals surface area contributed by atoms with Gasteiger partial charge in [-0.3, -0.25) is 0 Å². The minimum absolute atomic E-state index is 0.139. The van der Waals surface area contributed by atoms with Crippen molar-refractivity contribution in [2.45, 2.75) is 69.9 Å². The second-order valence-electron chi connectivity index (χ2n) is 6.93. The second kappa shape index (κ2) is 6.94. The van der Waals surface area contributed by atoms with Crippen molar-refractivity contribution in [2.75, 3.05) is 19.6 Å². The van der Waals surface area contributed by atoms with Crippen molar-refractivity contribution >= 4 is 10.2 Å². The molecule has 0 bridgehead atoms. The van der Waals surface area contributed by atoms with Gasteiger partial charge < -0.3 is 5.32 Å². The molecule has 0 spiro atoms. The van der Waals surface area contributed by atoms with E-state index in [0.29, 0.717) is 19.1 Å². The summed E-state index contributed by atoms with van der Waals surface area (Å²) in [6.45, 7) is 2.09. The van der Waals surface area contributed by atoms with Gasteiger partial charge in [0.15, 0.2) is 0 Å². The third kappa shape index (κ3) is 4.41. The normalized spacial score (nSPS) is 28.5. The molecule has 0 aromatic carbocycles. The Kier molecular flexibility index (Phi) is 5.19. The van der Waals surface area contributed by atoms with Gasteiger partial charge in [0, 0.05) is 31.7 Å². The third-order valence-corrected chi connectivity index (χ3v) is 6.83. The van der Waals surface area contributed by atoms with E-state index < -0.39 is 10.2 Å². The lowest BCUT2D eigenvalue weighted by Gasteiger charge is -2.35. The second-order valence-corrected chi connectivity index (χ2v) is 8.64. The van der Waals surface area contributed by atoms with Gasteiger partial charge >= 0.3 is 0 Å². The van der Waals surface area contributed by atoms with Crippen molar-refractivity contribution in [1.29, 1.82) is 0 Å². The summed E-state index contributed by atoms with van der Waals surface area (Å²) in [4.78, 5) is 0. The van der Waals surface area contributed by atoms with Crippen molar-refractivity contribution in [3.63, 3.8) is 0 Å². The predicted octanol–water partition coefficient (Wildman–Crippen LogP) is 1.62. The van der Waals surface area contributed by atoms with Gasteiger partial charge in [-0.25, -0.2) is 4.72 Å². The summed E-state index contributed by atoms with van der Waals surface area (Å²) in [7, 11) is -3.30. The number of nitrogens with one attached hydrogen (secondary N) is 2. The van der Waals surface area contributed by atoms with E-state index >= 15 is 0 Å². The third-order valence-electron chi connectivity index (χ3n) is 5.16. The number of nitrogens with zero attached hydrogens (tertiary/aromatic N) is 1. The maximum Gasteiger partial charge on any atom is 0.279 e. The van der Waals surface area contributed by atoms with E-state index in [9.17, 15) is 8.42 Å². The number of piperidine rings is 1. The molecule has 21 heavy (non-hydrogen) atoms. The minimum atomic E-state index is -3.30. The van der Waals surface area contributed by atoms with Gasteiger partial charge in [0.05, 0.1) is 0 Å². The van der Waals surface area contributed by atoms with Gasteiger partial charge in [-0.05, 0) is 38.0 Å². The molecule has 1 saturated heterocycles. The SMILES string of the molecule is O=S(=O)(NCCC1CCC1)N1CCCCC1CNC1CC1. The molecule has 0 radical (unpaired) electrons. The van der Waals surface area contributed by atoms with E-state index in [0.717, 1.165) is 38.1 Å². The van der Waals surface area contributed by atoms with E-state index in [2.05, 4.69) is 10.0 Å². The number of hydrogen-bond donors (Lipinski definition) is 2. The van der Waals surface area contributed by atoms with E-state index in [1.807, 2.05) is 0 Å². The molecule has 6 heteroatoms. The first kappa shape index (κ1) is 15.7. The summed E-state index contributed by atoms with van der Waals surface area (Å²) in [5, 5.41) is 3.49. The topological polar surface area (TPSA) is 61.4 Å². The van der Waals surface area contributed by atoms with Gasteiger partial charge in [-0.2, -0.15) is 12.7 Å². The summed E-state index contributed by atoms with van der Waals surface area (Å²) < 4.78 is 29.6. The Hall–Kier alpha value is -0.170. The average molecular weight is 315 g/mol. The fourth-order valence-corrected chi connectivity index (χ4v) is 4.82. The van der Waals surface area contributed by atoms with Crippen LogP contribution in [-0.2, 0) is 10.2 Å². The van der Waals surface area contributed by atoms with Gasteiger partial charge in [-0.1, -0.05) is 25.7 Å². The zero-order chi connectivity index (χ0) is 14.7. The van der Waals surface area contributed by atoms with Gasteiger partial charge in [-0.15, -0.1) is 0 Å². The highest BCUT2D eigenvalue weighted by Crippen LogP contribution is 2.29. The van der Waals surface area contributed by atoms with Crippen LogP contribution >= 0.6 is 0 Å². The Balaban J connectivity index is 1.49. The highest BCUT2D eigenvalue weighted by molar-refractivity contribution is 7.87. The lowest BCUT2D eigenvalue weighted by Crippen LogP contribution is -2.52. The molecule has 0 amide bonds. The largest absolute Gasteiger partial charge is 0.312 e. The highest BCUT2D eigenvalue weighted by atomic mass is 32.2. The molecule has 122 valence electrons. The molecule has 1 heterocycles. The Morgan fingerprint density at radius 1 is 1.00 bits per heavy atom. The predicted molar refractivity (Wildman–Crippen MR) is 84.3 cm³/mol. The van der Waals surface area contributed by atoms with Crippen LogP contribution in [0.4, 0.5) is 0 Å². The van der Waals surface area contributed by atoms with Crippen molar-refractivity contribution in [1.82, 2.24) is 14.3 Å². The number of hydrogen-bond acceptors (Lipinski definition) is 3. The summed E-state index contributed by atoms with van der Waals surface area (Å²) in [5.41, 5.74) is 0. The smallest absolute Gasteiger partial charge is 0.279 e. The first-order chi connectivity index (χ1) is 10.1. The van der Waals surface area contributed by atoms with Crippen LogP contribution in [0.5, 0.6) is 0 Å². The maximum atomic E-state index is 12.5. The van der Waals surface area contributed by atoms with E-state index in [-0.39, 0.29) is 6.04 Å². The summed E-state index contributed by atoms with van der Waals surface area (Å²) >= 11 is 0. The molecule has 5 nitrogen and oxygen atoms in total. The molecule has 3 fully saturated rings. The van der Waals surface area contributed by atoms with Crippen molar-refractivity contribution in [3.05, 3.63) is 0 Å². The molecule has 0 aromatic heterocycles. The quantitative estimate of drug-likeness (QED) is 0.715. The molecular weight excluding hydrogens is 286 g/mol. The lowest BCUT2D eigenvalue weighted by molar-refractivity contribution is 0.241. The molecule has 0 aromatic rings. The minimum Gasteiger partial charge on any atom is -0.312 e. The Labute approximate surface area is 129 Å². The molecule has 2 N–H and O–H groups in total. The molecule has 1 aliphatic heterocycles. The standard InChI is InChI=1S/C15H29N3O2S/c19-21(20,17-10-9-13-4-3-5-13)18-11-2-1-6-15(18)12-16-14-7-8-14/h13-17H,1-12H2. The fourth-order valence-electron chi connectivity index (χ4n) is 3.34. The van der Waals surface area contributed by atoms with Crippen molar-refractivity contribution < 1.29 is 8.42 Å². The average Bonchev–Trinajstić information content (AvgIpc) is 3.24. The molecule has 3 rings (SSSR count). The molecular formula is C15H29N3O2S. The first-order valence-corrected chi connectivity index (χ1v) is 10.1. The monoisotopic (exact) mass is 315 g/mol. The van der Waals surface area contributed by atoms with E-state index in [1.165, 1.54) is 32.1 Å². The van der Waals surface area contributed by atoms with Crippen LogP contribution in [0.3, 0.4) is 0 Å². The summed E-state index contributed by atoms with van der Waals surface area (Å²) in [6.07, 6.45) is 10.5. The van der Waals surface area contributed by atoms with Gasteiger partial charge in [0.25, 0.3) is 10.2 Å². The number of rotatable bonds is 8. The van der Waals surface area contributed by atoms with Crippen molar-refractivity contribution in [2.24, 2.45) is 5.92 Å². The zero-order valence-corrected chi connectivity index (χ0v) is 13.7. The van der Waals surface area contributed by atoms with Crippen LogP contribution in [0.15, 0.2) is 0 Å². The molecule has 2 saturated carbocycles. The first-order valence-electron chi connectivity index (χ1n) is 8.65. The molecule has 2 aliphatic carbocycles.